The van der Waals surface area contributed by atoms with E-state index in [1.807, 2.05) is 30.3 Å². The highest BCUT2D eigenvalue weighted by Gasteiger charge is 2.26. The van der Waals surface area contributed by atoms with Crippen molar-refractivity contribution in [2.75, 3.05) is 13.2 Å². The number of amides is 1. The Hall–Kier alpha value is -2.93. The van der Waals surface area contributed by atoms with Crippen molar-refractivity contribution in [3.8, 4) is 11.1 Å². The van der Waals surface area contributed by atoms with Gasteiger partial charge in [0.05, 0.1) is 19.1 Å². The van der Waals surface area contributed by atoms with E-state index in [4.69, 9.17) is 9.47 Å². The number of hydrogen-bond acceptors (Lipinski definition) is 5. The number of carbonyl (C=O) groups is 2. The molecular weight excluding hydrogens is 425 g/mol. The highest BCUT2D eigenvalue weighted by molar-refractivity contribution is 5.73. The molecule has 0 fully saturated rings. The number of benzene rings is 2. The van der Waals surface area contributed by atoms with Crippen LogP contribution in [0.25, 0.3) is 11.1 Å². The normalized spacial score (nSPS) is 13.2. The molecule has 0 spiro atoms. The summed E-state index contributed by atoms with van der Waals surface area (Å²) in [5, 5.41) is 12.5. The van der Waals surface area contributed by atoms with Gasteiger partial charge in [-0.05, 0) is 75.8 Å². The van der Waals surface area contributed by atoms with Crippen LogP contribution in [0, 0.1) is 11.7 Å². The highest BCUT2D eigenvalue weighted by Crippen LogP contribution is 2.22. The van der Waals surface area contributed by atoms with Gasteiger partial charge >= 0.3 is 12.1 Å². The standard InChI is InChI=1S/C26H34FNO5/c1-5-32-24(30)21(17-29)16-23(28-25(31)33-26(2,3)4)14-11-18-9-12-19(13-10-18)20-7-6-8-22(27)15-20/h6-10,12-13,15,21,23,29H,5,11,14,16-17H2,1-4H3,(H,28,31)/t21-,23+/m0/s1. The van der Waals surface area contributed by atoms with E-state index in [1.54, 1.807) is 33.8 Å². The molecule has 0 aromatic heterocycles. The van der Waals surface area contributed by atoms with Gasteiger partial charge in [0.1, 0.15) is 11.4 Å². The molecular formula is C26H34FNO5. The maximum Gasteiger partial charge on any atom is 0.407 e. The van der Waals surface area contributed by atoms with Crippen molar-refractivity contribution in [1.29, 1.82) is 0 Å². The summed E-state index contributed by atoms with van der Waals surface area (Å²) in [6.45, 7) is 6.88. The summed E-state index contributed by atoms with van der Waals surface area (Å²) in [6.07, 6.45) is 0.824. The molecule has 33 heavy (non-hydrogen) atoms. The van der Waals surface area contributed by atoms with Gasteiger partial charge in [0.2, 0.25) is 0 Å². The first-order chi connectivity index (χ1) is 15.6. The van der Waals surface area contributed by atoms with Crippen molar-refractivity contribution in [1.82, 2.24) is 5.32 Å². The lowest BCUT2D eigenvalue weighted by atomic mass is 9.95. The SMILES string of the molecule is CCOC(=O)[C@H](CO)C[C@@H](CCc1ccc(-c2cccc(F)c2)cc1)NC(=O)OC(C)(C)C. The highest BCUT2D eigenvalue weighted by atomic mass is 19.1. The van der Waals surface area contributed by atoms with E-state index in [0.717, 1.165) is 16.7 Å². The van der Waals surface area contributed by atoms with Crippen LogP contribution in [-0.4, -0.2) is 42.0 Å². The first kappa shape index (κ1) is 26.3. The van der Waals surface area contributed by atoms with Gasteiger partial charge in [-0.3, -0.25) is 4.79 Å². The van der Waals surface area contributed by atoms with Crippen molar-refractivity contribution in [3.63, 3.8) is 0 Å². The molecule has 180 valence electrons. The molecule has 0 saturated carbocycles. The number of aliphatic hydroxyl groups excluding tert-OH is 1. The van der Waals surface area contributed by atoms with Crippen LogP contribution in [0.5, 0.6) is 0 Å². The average Bonchev–Trinajstić information content (AvgIpc) is 2.74. The first-order valence-corrected chi connectivity index (χ1v) is 11.2. The number of ether oxygens (including phenoxy) is 2. The van der Waals surface area contributed by atoms with Crippen LogP contribution in [0.15, 0.2) is 48.5 Å². The Kier molecular flexibility index (Phi) is 9.85. The average molecular weight is 460 g/mol. The molecule has 6 nitrogen and oxygen atoms in total. The summed E-state index contributed by atoms with van der Waals surface area (Å²) in [5.74, 6) is -1.51. The molecule has 2 aromatic carbocycles. The van der Waals surface area contributed by atoms with Crippen LogP contribution in [0.4, 0.5) is 9.18 Å². The quantitative estimate of drug-likeness (QED) is 0.495. The zero-order valence-electron chi connectivity index (χ0n) is 19.8. The second-order valence-corrected chi connectivity index (χ2v) is 8.96. The van der Waals surface area contributed by atoms with E-state index < -0.39 is 29.6 Å². The second kappa shape index (κ2) is 12.3. The van der Waals surface area contributed by atoms with E-state index in [1.165, 1.54) is 12.1 Å². The monoisotopic (exact) mass is 459 g/mol. The lowest BCUT2D eigenvalue weighted by Crippen LogP contribution is -2.41. The molecule has 2 aromatic rings. The minimum Gasteiger partial charge on any atom is -0.466 e. The van der Waals surface area contributed by atoms with Crippen LogP contribution < -0.4 is 5.32 Å². The van der Waals surface area contributed by atoms with E-state index in [9.17, 15) is 19.1 Å². The number of aliphatic hydroxyl groups is 1. The third-order valence-electron chi connectivity index (χ3n) is 5.02. The maximum absolute atomic E-state index is 13.5. The summed E-state index contributed by atoms with van der Waals surface area (Å²) in [7, 11) is 0. The fraction of sp³-hybridized carbons (Fsp3) is 0.462. The zero-order chi connectivity index (χ0) is 24.4. The van der Waals surface area contributed by atoms with Crippen LogP contribution in [0.3, 0.4) is 0 Å². The van der Waals surface area contributed by atoms with E-state index in [2.05, 4.69) is 5.32 Å². The van der Waals surface area contributed by atoms with Gasteiger partial charge in [-0.2, -0.15) is 0 Å². The molecule has 0 aliphatic heterocycles. The fourth-order valence-electron chi connectivity index (χ4n) is 3.44. The third-order valence-corrected chi connectivity index (χ3v) is 5.02. The molecule has 7 heteroatoms. The number of hydrogen-bond donors (Lipinski definition) is 2. The van der Waals surface area contributed by atoms with Crippen molar-refractivity contribution in [3.05, 3.63) is 59.9 Å². The molecule has 2 atom stereocenters. The Labute approximate surface area is 195 Å². The van der Waals surface area contributed by atoms with Crippen LogP contribution in [0.2, 0.25) is 0 Å². The number of nitrogens with one attached hydrogen (secondary N) is 1. The van der Waals surface area contributed by atoms with Crippen molar-refractivity contribution >= 4 is 12.1 Å². The Morgan fingerprint density at radius 1 is 1.09 bits per heavy atom. The smallest absolute Gasteiger partial charge is 0.407 e. The van der Waals surface area contributed by atoms with Gasteiger partial charge in [0.25, 0.3) is 0 Å². The predicted octanol–water partition coefficient (Wildman–Crippen LogP) is 4.88. The Balaban J connectivity index is 2.07. The molecule has 0 saturated heterocycles. The Bertz CT molecular complexity index is 908. The second-order valence-electron chi connectivity index (χ2n) is 8.96. The molecule has 0 unspecified atom stereocenters. The molecule has 0 radical (unpaired) electrons. The largest absolute Gasteiger partial charge is 0.466 e. The summed E-state index contributed by atoms with van der Waals surface area (Å²) >= 11 is 0. The molecule has 2 N–H and O–H groups in total. The van der Waals surface area contributed by atoms with E-state index >= 15 is 0 Å². The van der Waals surface area contributed by atoms with Gasteiger partial charge in [-0.15, -0.1) is 0 Å². The summed E-state index contributed by atoms with van der Waals surface area (Å²) in [6, 6.07) is 13.8. The van der Waals surface area contributed by atoms with Crippen LogP contribution in [0.1, 0.15) is 46.1 Å². The molecule has 0 aliphatic carbocycles. The fourth-order valence-corrected chi connectivity index (χ4v) is 3.44. The minimum atomic E-state index is -0.736. The number of rotatable bonds is 10. The number of carbonyl (C=O) groups excluding carboxylic acids is 2. The number of aryl methyl sites for hydroxylation is 1. The minimum absolute atomic E-state index is 0.219. The Morgan fingerprint density at radius 2 is 1.79 bits per heavy atom. The van der Waals surface area contributed by atoms with Gasteiger partial charge in [0.15, 0.2) is 0 Å². The van der Waals surface area contributed by atoms with Gasteiger partial charge in [-0.1, -0.05) is 36.4 Å². The van der Waals surface area contributed by atoms with Crippen molar-refractivity contribution in [2.24, 2.45) is 5.92 Å². The van der Waals surface area contributed by atoms with E-state index in [0.29, 0.717) is 12.8 Å². The Morgan fingerprint density at radius 3 is 2.36 bits per heavy atom. The topological polar surface area (TPSA) is 84.9 Å². The van der Waals surface area contributed by atoms with E-state index in [-0.39, 0.29) is 25.5 Å². The van der Waals surface area contributed by atoms with Crippen molar-refractivity contribution in [2.45, 2.75) is 58.6 Å². The lowest BCUT2D eigenvalue weighted by molar-refractivity contribution is -0.149. The van der Waals surface area contributed by atoms with Crippen LogP contribution >= 0.6 is 0 Å². The zero-order valence-corrected chi connectivity index (χ0v) is 19.8. The molecule has 2 rings (SSSR count). The number of esters is 1. The molecule has 1 amide bonds. The summed E-state index contributed by atoms with van der Waals surface area (Å²) < 4.78 is 23.9. The number of halogens is 1. The van der Waals surface area contributed by atoms with Gasteiger partial charge in [-0.25, -0.2) is 9.18 Å². The van der Waals surface area contributed by atoms with Crippen molar-refractivity contribution < 1.29 is 28.6 Å². The summed E-state index contributed by atoms with van der Waals surface area (Å²) in [4.78, 5) is 24.5. The lowest BCUT2D eigenvalue weighted by Gasteiger charge is -2.25. The summed E-state index contributed by atoms with van der Waals surface area (Å²) in [5.41, 5.74) is 2.08. The molecule has 0 heterocycles. The first-order valence-electron chi connectivity index (χ1n) is 11.2. The number of alkyl carbamates (subject to hydrolysis) is 1. The van der Waals surface area contributed by atoms with Crippen LogP contribution in [-0.2, 0) is 20.7 Å². The molecule has 0 bridgehead atoms. The molecule has 0 aliphatic rings. The maximum atomic E-state index is 13.5. The van der Waals surface area contributed by atoms with Gasteiger partial charge < -0.3 is 19.9 Å². The predicted molar refractivity (Wildman–Crippen MR) is 125 cm³/mol. The van der Waals surface area contributed by atoms with Gasteiger partial charge in [0, 0.05) is 6.04 Å². The third kappa shape index (κ3) is 9.22.